The van der Waals surface area contributed by atoms with Crippen LogP contribution >= 0.6 is 0 Å². The maximum atomic E-state index is 13.9. The Morgan fingerprint density at radius 1 is 0.860 bits per heavy atom. The van der Waals surface area contributed by atoms with Gasteiger partial charge in [0, 0.05) is 25.4 Å². The molecule has 1 saturated carbocycles. The second kappa shape index (κ2) is 19.3. The molecule has 5 amide bonds. The molecular weight excluding hydrogens is 646 g/mol. The normalized spacial score (nSPS) is 17.3. The summed E-state index contributed by atoms with van der Waals surface area (Å²) in [6.45, 7) is 13.8. The zero-order chi connectivity index (χ0) is 37.8. The van der Waals surface area contributed by atoms with Crippen LogP contribution in [0, 0.1) is 17.8 Å². The van der Waals surface area contributed by atoms with Gasteiger partial charge in [-0.25, -0.2) is 14.6 Å². The van der Waals surface area contributed by atoms with E-state index in [0.717, 1.165) is 32.1 Å². The van der Waals surface area contributed by atoms with E-state index in [0.29, 0.717) is 12.1 Å². The van der Waals surface area contributed by atoms with Crippen molar-refractivity contribution in [3.05, 3.63) is 18.2 Å². The van der Waals surface area contributed by atoms with Gasteiger partial charge in [-0.3, -0.25) is 19.2 Å². The van der Waals surface area contributed by atoms with Crippen LogP contribution in [0.3, 0.4) is 0 Å². The van der Waals surface area contributed by atoms with Gasteiger partial charge in [-0.2, -0.15) is 0 Å². The van der Waals surface area contributed by atoms with Gasteiger partial charge in [0.25, 0.3) is 0 Å². The molecule has 5 N–H and O–H groups in total. The lowest BCUT2D eigenvalue weighted by Gasteiger charge is -2.33. The van der Waals surface area contributed by atoms with E-state index < -0.39 is 77.4 Å². The fourth-order valence-electron chi connectivity index (χ4n) is 5.83. The van der Waals surface area contributed by atoms with Crippen LogP contribution in [0.5, 0.6) is 0 Å². The van der Waals surface area contributed by atoms with Gasteiger partial charge < -0.3 is 40.6 Å². The molecule has 0 aliphatic heterocycles. The third kappa shape index (κ3) is 12.9. The van der Waals surface area contributed by atoms with Crippen molar-refractivity contribution in [2.75, 3.05) is 7.11 Å². The van der Waals surface area contributed by atoms with E-state index in [9.17, 15) is 28.8 Å². The summed E-state index contributed by atoms with van der Waals surface area (Å²) in [4.78, 5) is 83.8. The average molecular weight is 706 g/mol. The van der Waals surface area contributed by atoms with E-state index in [1.807, 2.05) is 13.8 Å². The SMILES string of the molecule is CC[C@H](C)[C@@H](NC(=O)[C@H](NC(=O)[C@H](Cc1cncn1C)NC(=O)OC(C)(C)C)C(C)C)C(=O)N[C@H](C(=O)N[C@@H](C)C(=O)OC)C1CCCCC1. The van der Waals surface area contributed by atoms with Crippen molar-refractivity contribution < 1.29 is 38.2 Å². The number of imidazole rings is 1. The van der Waals surface area contributed by atoms with Crippen molar-refractivity contribution in [2.45, 2.75) is 136 Å². The number of carbonyl (C=O) groups is 6. The summed E-state index contributed by atoms with van der Waals surface area (Å²) >= 11 is 0. The molecule has 6 atom stereocenters. The minimum atomic E-state index is -1.11. The zero-order valence-electron chi connectivity index (χ0n) is 31.4. The molecular formula is C35H59N7O8. The standard InChI is InChI=1S/C35H59N7O8/c1-11-21(4)27(31(45)41-28(23-15-13-12-14-16-23)32(46)37-22(5)33(47)49-10)40-30(44)26(20(2)3)39-29(43)25(17-24-18-36-19-42(24)9)38-34(48)50-35(6,7)8/h18-23,25-28H,11-17H2,1-10H3,(H,37,46)(H,38,48)(H,39,43)(H,40,44)(H,41,45)/t21-,22-,25-,26+,27+,28-/m0/s1. The molecule has 0 unspecified atom stereocenters. The summed E-state index contributed by atoms with van der Waals surface area (Å²) in [7, 11) is 2.99. The number of rotatable bonds is 16. The zero-order valence-corrected chi connectivity index (χ0v) is 31.4. The third-order valence-electron chi connectivity index (χ3n) is 8.99. The van der Waals surface area contributed by atoms with Gasteiger partial charge in [-0.05, 0) is 58.3 Å². The second-order valence-corrected chi connectivity index (χ2v) is 14.6. The molecule has 1 fully saturated rings. The van der Waals surface area contributed by atoms with E-state index in [4.69, 9.17) is 9.47 Å². The Labute approximate surface area is 296 Å². The van der Waals surface area contributed by atoms with Gasteiger partial charge in [0.1, 0.15) is 35.8 Å². The van der Waals surface area contributed by atoms with E-state index in [1.165, 1.54) is 14.0 Å². The maximum absolute atomic E-state index is 13.9. The van der Waals surface area contributed by atoms with E-state index in [1.54, 1.807) is 58.8 Å². The van der Waals surface area contributed by atoms with Crippen LogP contribution in [0.4, 0.5) is 4.79 Å². The van der Waals surface area contributed by atoms with Crippen LogP contribution in [0.15, 0.2) is 12.5 Å². The smallest absolute Gasteiger partial charge is 0.408 e. The van der Waals surface area contributed by atoms with E-state index in [2.05, 4.69) is 31.6 Å². The Morgan fingerprint density at radius 3 is 1.98 bits per heavy atom. The predicted molar refractivity (Wildman–Crippen MR) is 186 cm³/mol. The number of nitrogens with zero attached hydrogens (tertiary/aromatic N) is 2. The topological polar surface area (TPSA) is 199 Å². The summed E-state index contributed by atoms with van der Waals surface area (Å²) in [6.07, 6.45) is 7.26. The number of ether oxygens (including phenoxy) is 2. The molecule has 1 aliphatic carbocycles. The molecule has 2 rings (SSSR count). The Hall–Kier alpha value is -4.17. The van der Waals surface area contributed by atoms with Crippen molar-refractivity contribution in [1.82, 2.24) is 36.1 Å². The number of hydrogen-bond acceptors (Lipinski definition) is 9. The number of aromatic nitrogens is 2. The van der Waals surface area contributed by atoms with Gasteiger partial charge in [-0.1, -0.05) is 53.4 Å². The molecule has 282 valence electrons. The first-order valence-corrected chi connectivity index (χ1v) is 17.6. The molecule has 15 nitrogen and oxygen atoms in total. The highest BCUT2D eigenvalue weighted by Crippen LogP contribution is 2.27. The van der Waals surface area contributed by atoms with E-state index in [-0.39, 0.29) is 18.3 Å². The number of amides is 5. The first-order chi connectivity index (χ1) is 23.4. The summed E-state index contributed by atoms with van der Waals surface area (Å²) in [5, 5.41) is 13.8. The first-order valence-electron chi connectivity index (χ1n) is 17.6. The van der Waals surface area contributed by atoms with Crippen molar-refractivity contribution in [3.8, 4) is 0 Å². The van der Waals surface area contributed by atoms with Gasteiger partial charge in [-0.15, -0.1) is 0 Å². The summed E-state index contributed by atoms with van der Waals surface area (Å²) < 4.78 is 11.9. The molecule has 0 radical (unpaired) electrons. The highest BCUT2D eigenvalue weighted by Gasteiger charge is 2.38. The summed E-state index contributed by atoms with van der Waals surface area (Å²) in [5.74, 6) is -3.75. The Bertz CT molecular complexity index is 1320. The van der Waals surface area contributed by atoms with E-state index >= 15 is 0 Å². The van der Waals surface area contributed by atoms with Gasteiger partial charge in [0.2, 0.25) is 23.6 Å². The van der Waals surface area contributed by atoms with Crippen molar-refractivity contribution >= 4 is 35.7 Å². The molecule has 1 aromatic heterocycles. The quantitative estimate of drug-likeness (QED) is 0.160. The van der Waals surface area contributed by atoms with Crippen LogP contribution in [0.25, 0.3) is 0 Å². The average Bonchev–Trinajstić information content (AvgIpc) is 3.46. The van der Waals surface area contributed by atoms with Crippen molar-refractivity contribution in [3.63, 3.8) is 0 Å². The number of alkyl carbamates (subject to hydrolysis) is 1. The van der Waals surface area contributed by atoms with Gasteiger partial charge in [0.05, 0.1) is 13.4 Å². The number of hydrogen-bond donors (Lipinski definition) is 5. The minimum absolute atomic E-state index is 0.0745. The van der Waals surface area contributed by atoms with Crippen LogP contribution in [0.2, 0.25) is 0 Å². The summed E-state index contributed by atoms with van der Waals surface area (Å²) in [6, 6.07) is -5.05. The molecule has 1 aromatic rings. The van der Waals surface area contributed by atoms with Gasteiger partial charge >= 0.3 is 12.1 Å². The van der Waals surface area contributed by atoms with Crippen LogP contribution in [-0.2, 0) is 46.9 Å². The highest BCUT2D eigenvalue weighted by molar-refractivity contribution is 5.96. The van der Waals surface area contributed by atoms with Gasteiger partial charge in [0.15, 0.2) is 0 Å². The molecule has 0 aromatic carbocycles. The monoisotopic (exact) mass is 705 g/mol. The molecule has 1 aliphatic rings. The Balaban J connectivity index is 2.30. The lowest BCUT2D eigenvalue weighted by atomic mass is 9.83. The first kappa shape index (κ1) is 42.0. The van der Waals surface area contributed by atoms with Crippen molar-refractivity contribution in [2.24, 2.45) is 24.8 Å². The molecule has 15 heteroatoms. The van der Waals surface area contributed by atoms with Crippen LogP contribution in [0.1, 0.15) is 99.6 Å². The third-order valence-corrected chi connectivity index (χ3v) is 8.99. The fraction of sp³-hybridized carbons (Fsp3) is 0.743. The Morgan fingerprint density at radius 2 is 1.46 bits per heavy atom. The predicted octanol–water partition coefficient (Wildman–Crippen LogP) is 2.27. The number of nitrogens with one attached hydrogen (secondary N) is 5. The van der Waals surface area contributed by atoms with Crippen LogP contribution < -0.4 is 26.6 Å². The molecule has 0 spiro atoms. The highest BCUT2D eigenvalue weighted by atomic mass is 16.6. The summed E-state index contributed by atoms with van der Waals surface area (Å²) in [5.41, 5.74) is -0.141. The second-order valence-electron chi connectivity index (χ2n) is 14.6. The minimum Gasteiger partial charge on any atom is -0.467 e. The number of esters is 1. The number of aryl methyl sites for hydroxylation is 1. The molecule has 0 saturated heterocycles. The largest absolute Gasteiger partial charge is 0.467 e. The Kier molecular flexibility index (Phi) is 16.2. The van der Waals surface area contributed by atoms with Crippen LogP contribution in [-0.4, -0.2) is 88.2 Å². The maximum Gasteiger partial charge on any atom is 0.408 e. The van der Waals surface area contributed by atoms with Crippen molar-refractivity contribution in [1.29, 1.82) is 0 Å². The fourth-order valence-corrected chi connectivity index (χ4v) is 5.83. The lowest BCUT2D eigenvalue weighted by Crippen LogP contribution is -2.62. The molecule has 1 heterocycles. The molecule has 50 heavy (non-hydrogen) atoms. The molecule has 0 bridgehead atoms. The number of methoxy groups -OCH3 is 1. The number of carbonyl (C=O) groups excluding carboxylic acids is 6. The lowest BCUT2D eigenvalue weighted by molar-refractivity contribution is -0.145.